The van der Waals surface area contributed by atoms with Gasteiger partial charge in [-0.05, 0) is 39.4 Å². The lowest BCUT2D eigenvalue weighted by atomic mass is 10.0. The molecule has 2 aromatic rings. The standard InChI is InChI=1S/C15H21N3/c1-10-6-7-11(2)13(8-10)15-14(9-16-4)18(5)12(3)17-15/h6-8,16H,9H2,1-5H3. The third kappa shape index (κ3) is 2.18. The molecule has 3 heteroatoms. The van der Waals surface area contributed by atoms with E-state index in [-0.39, 0.29) is 0 Å². The van der Waals surface area contributed by atoms with E-state index in [0.29, 0.717) is 0 Å². The molecular weight excluding hydrogens is 222 g/mol. The first-order valence-electron chi connectivity index (χ1n) is 6.29. The van der Waals surface area contributed by atoms with Gasteiger partial charge in [0.1, 0.15) is 5.82 Å². The average Bonchev–Trinajstić information content (AvgIpc) is 2.61. The fraction of sp³-hybridized carbons (Fsp3) is 0.400. The molecule has 0 fully saturated rings. The zero-order chi connectivity index (χ0) is 13.3. The molecule has 0 atom stereocenters. The third-order valence-corrected chi connectivity index (χ3v) is 3.43. The molecule has 0 spiro atoms. The molecule has 1 aromatic heterocycles. The van der Waals surface area contributed by atoms with E-state index in [4.69, 9.17) is 4.98 Å². The molecular formula is C15H21N3. The van der Waals surface area contributed by atoms with Gasteiger partial charge in [0.25, 0.3) is 0 Å². The largest absolute Gasteiger partial charge is 0.334 e. The molecule has 0 aliphatic heterocycles. The molecule has 0 bridgehead atoms. The van der Waals surface area contributed by atoms with Gasteiger partial charge in [0, 0.05) is 19.2 Å². The topological polar surface area (TPSA) is 29.9 Å². The van der Waals surface area contributed by atoms with Gasteiger partial charge < -0.3 is 9.88 Å². The fourth-order valence-corrected chi connectivity index (χ4v) is 2.23. The van der Waals surface area contributed by atoms with Gasteiger partial charge in [0.05, 0.1) is 11.4 Å². The molecule has 3 nitrogen and oxygen atoms in total. The van der Waals surface area contributed by atoms with E-state index in [0.717, 1.165) is 18.1 Å². The molecule has 0 aliphatic rings. The van der Waals surface area contributed by atoms with E-state index >= 15 is 0 Å². The van der Waals surface area contributed by atoms with Gasteiger partial charge in [-0.1, -0.05) is 17.7 Å². The summed E-state index contributed by atoms with van der Waals surface area (Å²) in [6, 6.07) is 6.53. The number of benzene rings is 1. The Labute approximate surface area is 109 Å². The van der Waals surface area contributed by atoms with Crippen LogP contribution in [0.4, 0.5) is 0 Å². The predicted octanol–water partition coefficient (Wildman–Crippen LogP) is 2.73. The number of nitrogens with one attached hydrogen (secondary N) is 1. The van der Waals surface area contributed by atoms with Crippen LogP contribution in [0.3, 0.4) is 0 Å². The molecule has 1 heterocycles. The van der Waals surface area contributed by atoms with Crippen LogP contribution in [0.5, 0.6) is 0 Å². The predicted molar refractivity (Wildman–Crippen MR) is 75.6 cm³/mol. The first-order chi connectivity index (χ1) is 8.54. The summed E-state index contributed by atoms with van der Waals surface area (Å²) in [4.78, 5) is 4.72. The summed E-state index contributed by atoms with van der Waals surface area (Å²) in [5.74, 6) is 1.05. The Kier molecular flexibility index (Phi) is 3.53. The summed E-state index contributed by atoms with van der Waals surface area (Å²) < 4.78 is 2.16. The van der Waals surface area contributed by atoms with Crippen LogP contribution >= 0.6 is 0 Å². The van der Waals surface area contributed by atoms with Crippen molar-refractivity contribution in [1.29, 1.82) is 0 Å². The monoisotopic (exact) mass is 243 g/mol. The van der Waals surface area contributed by atoms with Crippen LogP contribution in [0.2, 0.25) is 0 Å². The first-order valence-corrected chi connectivity index (χ1v) is 6.29. The van der Waals surface area contributed by atoms with Crippen molar-refractivity contribution in [3.63, 3.8) is 0 Å². The Morgan fingerprint density at radius 2 is 1.94 bits per heavy atom. The number of nitrogens with zero attached hydrogens (tertiary/aromatic N) is 2. The second kappa shape index (κ2) is 4.94. The van der Waals surface area contributed by atoms with Crippen molar-refractivity contribution in [2.75, 3.05) is 7.05 Å². The summed E-state index contributed by atoms with van der Waals surface area (Å²) in [6.45, 7) is 7.15. The number of imidazole rings is 1. The Bertz CT molecular complexity index is 567. The molecule has 2 rings (SSSR count). The smallest absolute Gasteiger partial charge is 0.106 e. The fourth-order valence-electron chi connectivity index (χ4n) is 2.23. The van der Waals surface area contributed by atoms with E-state index in [1.807, 2.05) is 14.0 Å². The highest BCUT2D eigenvalue weighted by atomic mass is 15.1. The number of hydrogen-bond acceptors (Lipinski definition) is 2. The van der Waals surface area contributed by atoms with Crippen molar-refractivity contribution in [3.05, 3.63) is 40.8 Å². The molecule has 1 aromatic carbocycles. The normalized spacial score (nSPS) is 10.9. The van der Waals surface area contributed by atoms with E-state index in [1.165, 1.54) is 22.4 Å². The number of rotatable bonds is 3. The third-order valence-electron chi connectivity index (χ3n) is 3.43. The summed E-state index contributed by atoms with van der Waals surface area (Å²) in [7, 11) is 4.04. The second-order valence-electron chi connectivity index (χ2n) is 4.86. The highest BCUT2D eigenvalue weighted by Crippen LogP contribution is 2.27. The van der Waals surface area contributed by atoms with E-state index in [9.17, 15) is 0 Å². The van der Waals surface area contributed by atoms with Crippen molar-refractivity contribution < 1.29 is 0 Å². The molecule has 0 amide bonds. The van der Waals surface area contributed by atoms with Crippen molar-refractivity contribution in [1.82, 2.24) is 14.9 Å². The molecule has 0 saturated heterocycles. The Balaban J connectivity index is 2.63. The minimum absolute atomic E-state index is 0.833. The van der Waals surface area contributed by atoms with Gasteiger partial charge in [0.2, 0.25) is 0 Å². The van der Waals surface area contributed by atoms with Crippen LogP contribution in [0.1, 0.15) is 22.6 Å². The van der Waals surface area contributed by atoms with E-state index in [1.54, 1.807) is 0 Å². The quantitative estimate of drug-likeness (QED) is 0.898. The van der Waals surface area contributed by atoms with Crippen LogP contribution in [-0.2, 0) is 13.6 Å². The lowest BCUT2D eigenvalue weighted by Gasteiger charge is -2.09. The van der Waals surface area contributed by atoms with E-state index < -0.39 is 0 Å². The molecule has 0 radical (unpaired) electrons. The summed E-state index contributed by atoms with van der Waals surface area (Å²) >= 11 is 0. The molecule has 0 aliphatic carbocycles. The maximum absolute atomic E-state index is 4.72. The van der Waals surface area contributed by atoms with Crippen molar-refractivity contribution >= 4 is 0 Å². The molecule has 96 valence electrons. The lowest BCUT2D eigenvalue weighted by molar-refractivity contribution is 0.722. The summed E-state index contributed by atoms with van der Waals surface area (Å²) in [5.41, 5.74) is 6.13. The number of hydrogen-bond donors (Lipinski definition) is 1. The first kappa shape index (κ1) is 12.8. The number of aromatic nitrogens is 2. The molecule has 0 unspecified atom stereocenters. The van der Waals surface area contributed by atoms with Gasteiger partial charge >= 0.3 is 0 Å². The maximum atomic E-state index is 4.72. The van der Waals surface area contributed by atoms with Crippen LogP contribution in [0.15, 0.2) is 18.2 Å². The van der Waals surface area contributed by atoms with Crippen LogP contribution < -0.4 is 5.32 Å². The number of aryl methyl sites for hydroxylation is 3. The highest BCUT2D eigenvalue weighted by Gasteiger charge is 2.15. The van der Waals surface area contributed by atoms with Gasteiger partial charge in [-0.25, -0.2) is 4.98 Å². The summed E-state index contributed by atoms with van der Waals surface area (Å²) in [6.07, 6.45) is 0. The van der Waals surface area contributed by atoms with Gasteiger partial charge in [0.15, 0.2) is 0 Å². The van der Waals surface area contributed by atoms with Crippen molar-refractivity contribution in [2.45, 2.75) is 27.3 Å². The van der Waals surface area contributed by atoms with Gasteiger partial charge in [-0.2, -0.15) is 0 Å². The Morgan fingerprint density at radius 1 is 1.22 bits per heavy atom. The maximum Gasteiger partial charge on any atom is 0.106 e. The summed E-state index contributed by atoms with van der Waals surface area (Å²) in [5, 5.41) is 3.22. The lowest BCUT2D eigenvalue weighted by Crippen LogP contribution is -2.10. The average molecular weight is 243 g/mol. The molecule has 0 saturated carbocycles. The minimum Gasteiger partial charge on any atom is -0.334 e. The van der Waals surface area contributed by atoms with Gasteiger partial charge in [-0.3, -0.25) is 0 Å². The molecule has 18 heavy (non-hydrogen) atoms. The Hall–Kier alpha value is -1.61. The van der Waals surface area contributed by atoms with Crippen LogP contribution in [-0.4, -0.2) is 16.6 Å². The van der Waals surface area contributed by atoms with Crippen molar-refractivity contribution in [2.24, 2.45) is 7.05 Å². The van der Waals surface area contributed by atoms with Crippen molar-refractivity contribution in [3.8, 4) is 11.3 Å². The minimum atomic E-state index is 0.833. The van der Waals surface area contributed by atoms with Crippen LogP contribution in [0, 0.1) is 20.8 Å². The molecule has 1 N–H and O–H groups in total. The zero-order valence-electron chi connectivity index (χ0n) is 11.8. The zero-order valence-corrected chi connectivity index (χ0v) is 11.8. The van der Waals surface area contributed by atoms with E-state index in [2.05, 4.69) is 49.0 Å². The van der Waals surface area contributed by atoms with Crippen LogP contribution in [0.25, 0.3) is 11.3 Å². The Morgan fingerprint density at radius 3 is 2.61 bits per heavy atom. The van der Waals surface area contributed by atoms with Gasteiger partial charge in [-0.15, -0.1) is 0 Å². The SMILES string of the molecule is CNCc1c(-c2cc(C)ccc2C)nc(C)n1C. The highest BCUT2D eigenvalue weighted by molar-refractivity contribution is 5.67. The second-order valence-corrected chi connectivity index (χ2v) is 4.86.